The minimum atomic E-state index is -0.184. The number of benzene rings is 2. The number of anilines is 1. The van der Waals surface area contributed by atoms with E-state index >= 15 is 0 Å². The number of aromatic nitrogens is 2. The monoisotopic (exact) mass is 522 g/mol. The maximum absolute atomic E-state index is 6.61. The average molecular weight is 523 g/mol. The number of rotatable bonds is 6. The summed E-state index contributed by atoms with van der Waals surface area (Å²) in [6.07, 6.45) is 3.90. The molecule has 8 heteroatoms. The second kappa shape index (κ2) is 9.90. The molecular formula is C27H24Cl2N4OS. The number of hydrogen-bond acceptors (Lipinski definition) is 3. The van der Waals surface area contributed by atoms with Gasteiger partial charge < -0.3 is 19.5 Å². The van der Waals surface area contributed by atoms with Gasteiger partial charge in [-0.15, -0.1) is 0 Å². The van der Waals surface area contributed by atoms with Gasteiger partial charge in [-0.3, -0.25) is 4.98 Å². The highest BCUT2D eigenvalue weighted by atomic mass is 35.5. The summed E-state index contributed by atoms with van der Waals surface area (Å²) in [6.45, 7) is 4.02. The van der Waals surface area contributed by atoms with Gasteiger partial charge in [-0.05, 0) is 92.8 Å². The quantitative estimate of drug-likeness (QED) is 0.272. The molecule has 5 nitrogen and oxygen atoms in total. The SMILES string of the molecule is CC(C)Oc1ccc(N2C(=S)NC(c3ccccn3)C2c2cccn2-c2ccc(Cl)cc2Cl)cc1. The highest BCUT2D eigenvalue weighted by Gasteiger charge is 2.42. The summed E-state index contributed by atoms with van der Waals surface area (Å²) >= 11 is 18.6. The van der Waals surface area contributed by atoms with Crippen molar-refractivity contribution in [1.29, 1.82) is 0 Å². The molecule has 0 amide bonds. The minimum absolute atomic E-state index is 0.101. The van der Waals surface area contributed by atoms with Crippen molar-refractivity contribution in [3.63, 3.8) is 0 Å². The molecule has 0 aliphatic carbocycles. The lowest BCUT2D eigenvalue weighted by Crippen LogP contribution is -2.30. The second-order valence-electron chi connectivity index (χ2n) is 8.56. The number of nitrogens with zero attached hydrogens (tertiary/aromatic N) is 3. The molecule has 3 heterocycles. The van der Waals surface area contributed by atoms with Gasteiger partial charge in [0.2, 0.25) is 0 Å². The number of thiocarbonyl (C=S) groups is 1. The molecule has 0 radical (unpaired) electrons. The van der Waals surface area contributed by atoms with Gasteiger partial charge >= 0.3 is 0 Å². The van der Waals surface area contributed by atoms with Gasteiger partial charge in [-0.25, -0.2) is 0 Å². The van der Waals surface area contributed by atoms with Crippen LogP contribution in [0.5, 0.6) is 5.75 Å². The number of halogens is 2. The van der Waals surface area contributed by atoms with Gasteiger partial charge in [0.1, 0.15) is 11.8 Å². The third-order valence-corrected chi connectivity index (χ3v) is 6.69. The van der Waals surface area contributed by atoms with Crippen LogP contribution < -0.4 is 15.0 Å². The van der Waals surface area contributed by atoms with Crippen molar-refractivity contribution in [1.82, 2.24) is 14.9 Å². The van der Waals surface area contributed by atoms with Crippen LogP contribution in [0.1, 0.15) is 37.3 Å². The first-order valence-electron chi connectivity index (χ1n) is 11.3. The Morgan fingerprint density at radius 3 is 2.49 bits per heavy atom. The van der Waals surface area contributed by atoms with Crippen molar-refractivity contribution in [3.8, 4) is 11.4 Å². The molecule has 0 bridgehead atoms. The predicted octanol–water partition coefficient (Wildman–Crippen LogP) is 7.14. The van der Waals surface area contributed by atoms with Crippen molar-refractivity contribution >= 4 is 46.2 Å². The maximum Gasteiger partial charge on any atom is 0.174 e. The number of hydrogen-bond donors (Lipinski definition) is 1. The fourth-order valence-corrected chi connectivity index (χ4v) is 5.27. The third-order valence-electron chi connectivity index (χ3n) is 5.84. The van der Waals surface area contributed by atoms with Crippen LogP contribution in [0.4, 0.5) is 5.69 Å². The van der Waals surface area contributed by atoms with Crippen LogP contribution in [0.3, 0.4) is 0 Å². The van der Waals surface area contributed by atoms with E-state index in [2.05, 4.69) is 25.8 Å². The summed E-state index contributed by atoms with van der Waals surface area (Å²) in [7, 11) is 0. The van der Waals surface area contributed by atoms with E-state index in [4.69, 9.17) is 40.2 Å². The summed E-state index contributed by atoms with van der Waals surface area (Å²) < 4.78 is 7.92. The van der Waals surface area contributed by atoms with E-state index in [-0.39, 0.29) is 18.2 Å². The van der Waals surface area contributed by atoms with Crippen LogP contribution in [-0.4, -0.2) is 20.8 Å². The fourth-order valence-electron chi connectivity index (χ4n) is 4.42. The van der Waals surface area contributed by atoms with Crippen molar-refractivity contribution in [2.75, 3.05) is 4.90 Å². The molecule has 1 saturated heterocycles. The molecule has 2 aromatic heterocycles. The lowest BCUT2D eigenvalue weighted by Gasteiger charge is -2.29. The Hall–Kier alpha value is -3.06. The predicted molar refractivity (Wildman–Crippen MR) is 146 cm³/mol. The largest absolute Gasteiger partial charge is 0.491 e. The Kier molecular flexibility index (Phi) is 6.69. The molecule has 0 spiro atoms. The average Bonchev–Trinajstić information content (AvgIpc) is 3.44. The fraction of sp³-hybridized carbons (Fsp3) is 0.185. The van der Waals surface area contributed by atoms with Crippen LogP contribution >= 0.6 is 35.4 Å². The van der Waals surface area contributed by atoms with Gasteiger partial charge in [-0.2, -0.15) is 0 Å². The summed E-state index contributed by atoms with van der Waals surface area (Å²) in [4.78, 5) is 6.77. The molecule has 2 unspecified atom stereocenters. The van der Waals surface area contributed by atoms with Crippen molar-refractivity contribution in [3.05, 3.63) is 107 Å². The zero-order valence-electron chi connectivity index (χ0n) is 19.2. The highest BCUT2D eigenvalue weighted by Crippen LogP contribution is 2.43. The zero-order chi connectivity index (χ0) is 24.5. The molecule has 0 saturated carbocycles. The topological polar surface area (TPSA) is 42.3 Å². The first-order chi connectivity index (χ1) is 16.9. The zero-order valence-corrected chi connectivity index (χ0v) is 21.6. The molecule has 5 rings (SSSR count). The summed E-state index contributed by atoms with van der Waals surface area (Å²) in [5, 5.41) is 5.29. The lowest BCUT2D eigenvalue weighted by molar-refractivity contribution is 0.242. The van der Waals surface area contributed by atoms with Crippen LogP contribution in [-0.2, 0) is 0 Å². The van der Waals surface area contributed by atoms with Crippen LogP contribution in [0.2, 0.25) is 10.0 Å². The molecule has 2 atom stereocenters. The Labute approximate surface area is 220 Å². The second-order valence-corrected chi connectivity index (χ2v) is 9.79. The molecular weight excluding hydrogens is 499 g/mol. The van der Waals surface area contributed by atoms with E-state index in [1.165, 1.54) is 0 Å². The van der Waals surface area contributed by atoms with E-state index in [0.29, 0.717) is 15.2 Å². The maximum atomic E-state index is 6.61. The molecule has 2 aromatic carbocycles. The molecule has 1 aliphatic rings. The third kappa shape index (κ3) is 4.74. The molecule has 35 heavy (non-hydrogen) atoms. The lowest BCUT2D eigenvalue weighted by atomic mass is 10.0. The van der Waals surface area contributed by atoms with E-state index in [1.54, 1.807) is 12.3 Å². The van der Waals surface area contributed by atoms with Crippen molar-refractivity contribution < 1.29 is 4.74 Å². The number of pyridine rings is 1. The Bertz CT molecular complexity index is 1340. The molecule has 178 valence electrons. The Morgan fingerprint density at radius 2 is 1.80 bits per heavy atom. The molecule has 1 aliphatic heterocycles. The van der Waals surface area contributed by atoms with Gasteiger partial charge in [0.15, 0.2) is 5.11 Å². The summed E-state index contributed by atoms with van der Waals surface area (Å²) in [5.41, 5.74) is 3.71. The summed E-state index contributed by atoms with van der Waals surface area (Å²) in [6, 6.07) is 23.2. The van der Waals surface area contributed by atoms with E-state index < -0.39 is 0 Å². The highest BCUT2D eigenvalue weighted by molar-refractivity contribution is 7.80. The van der Waals surface area contributed by atoms with Crippen LogP contribution in [0.25, 0.3) is 5.69 Å². The van der Waals surface area contributed by atoms with Gasteiger partial charge in [0, 0.05) is 28.8 Å². The van der Waals surface area contributed by atoms with Gasteiger partial charge in [0.25, 0.3) is 0 Å². The van der Waals surface area contributed by atoms with Crippen LogP contribution in [0.15, 0.2) is 85.2 Å². The van der Waals surface area contributed by atoms with Crippen molar-refractivity contribution in [2.45, 2.75) is 32.0 Å². The Balaban J connectivity index is 1.62. The smallest absolute Gasteiger partial charge is 0.174 e. The van der Waals surface area contributed by atoms with E-state index in [0.717, 1.165) is 28.5 Å². The molecule has 1 N–H and O–H groups in total. The van der Waals surface area contributed by atoms with Gasteiger partial charge in [0.05, 0.1) is 28.5 Å². The minimum Gasteiger partial charge on any atom is -0.491 e. The molecule has 1 fully saturated rings. The first-order valence-corrected chi connectivity index (χ1v) is 12.5. The van der Waals surface area contributed by atoms with Crippen LogP contribution in [0, 0.1) is 0 Å². The molecule has 4 aromatic rings. The normalized spacial score (nSPS) is 17.6. The van der Waals surface area contributed by atoms with E-state index in [9.17, 15) is 0 Å². The standard InChI is InChI=1S/C27H24Cl2N4OS/c1-17(2)34-20-11-9-19(10-12-20)33-26(25(31-27(33)35)22-6-3-4-14-30-22)24-7-5-15-32(24)23-13-8-18(28)16-21(23)29/h3-17,25-26H,1-2H3,(H,31,35). The first kappa shape index (κ1) is 23.7. The summed E-state index contributed by atoms with van der Waals surface area (Å²) in [5.74, 6) is 0.816. The van der Waals surface area contributed by atoms with Gasteiger partial charge in [-0.1, -0.05) is 29.3 Å². The number of ether oxygens (including phenoxy) is 1. The Morgan fingerprint density at radius 1 is 1.00 bits per heavy atom. The number of nitrogens with one attached hydrogen (secondary N) is 1. The van der Waals surface area contributed by atoms with E-state index in [1.807, 2.05) is 80.7 Å². The van der Waals surface area contributed by atoms with Crippen molar-refractivity contribution in [2.24, 2.45) is 0 Å².